The Balaban J connectivity index is 1.28. The van der Waals surface area contributed by atoms with E-state index in [2.05, 4.69) is 10.2 Å². The Morgan fingerprint density at radius 2 is 1.10 bits per heavy atom. The van der Waals surface area contributed by atoms with E-state index in [0.717, 1.165) is 38.0 Å². The Labute approximate surface area is 204 Å². The maximum absolute atomic E-state index is 13.1. The van der Waals surface area contributed by atoms with E-state index in [1.165, 1.54) is 46.9 Å². The summed E-state index contributed by atoms with van der Waals surface area (Å²) in [5.74, 6) is 1.21. The molecule has 2 heterocycles. The van der Waals surface area contributed by atoms with E-state index in [1.807, 2.05) is 0 Å². The van der Waals surface area contributed by atoms with Crippen molar-refractivity contribution in [3.05, 3.63) is 68.1 Å². The number of aromatic nitrogens is 4. The van der Waals surface area contributed by atoms with Crippen LogP contribution in [0.4, 0.5) is 8.78 Å². The van der Waals surface area contributed by atoms with Crippen molar-refractivity contribution < 1.29 is 8.78 Å². The molecule has 2 aromatic heterocycles. The minimum absolute atomic E-state index is 0.288. The normalized spacial score (nSPS) is 11.2. The van der Waals surface area contributed by atoms with Crippen LogP contribution in [0.3, 0.4) is 0 Å². The molecule has 0 fully saturated rings. The topological polar surface area (TPSA) is 35.6 Å². The Morgan fingerprint density at radius 3 is 1.48 bits per heavy atom. The highest BCUT2D eigenvalue weighted by atomic mass is 32.2. The van der Waals surface area contributed by atoms with Crippen molar-refractivity contribution in [2.24, 2.45) is 0 Å². The van der Waals surface area contributed by atoms with Gasteiger partial charge in [0.1, 0.15) is 11.6 Å². The number of benzene rings is 2. The summed E-state index contributed by atoms with van der Waals surface area (Å²) in [5.41, 5.74) is 1.51. The van der Waals surface area contributed by atoms with E-state index < -0.39 is 0 Å². The van der Waals surface area contributed by atoms with Gasteiger partial charge in [-0.1, -0.05) is 46.2 Å². The number of nitrogens with zero attached hydrogens (tertiary/aromatic N) is 4. The lowest BCUT2D eigenvalue weighted by Gasteiger charge is -2.00. The molecule has 0 N–H and O–H groups in total. The van der Waals surface area contributed by atoms with E-state index in [9.17, 15) is 8.78 Å². The minimum Gasteiger partial charge on any atom is -0.211 e. The van der Waals surface area contributed by atoms with Gasteiger partial charge < -0.3 is 0 Å². The lowest BCUT2D eigenvalue weighted by Crippen LogP contribution is -1.96. The number of thioether (sulfide) groups is 2. The first-order valence-electron chi connectivity index (χ1n) is 8.97. The molecule has 2 aromatic carbocycles. The van der Waals surface area contributed by atoms with Gasteiger partial charge in [0.2, 0.25) is 0 Å². The third-order valence-corrected chi connectivity index (χ3v) is 8.84. The van der Waals surface area contributed by atoms with E-state index in [-0.39, 0.29) is 11.6 Å². The first-order valence-corrected chi connectivity index (χ1v) is 13.4. The van der Waals surface area contributed by atoms with Crippen molar-refractivity contribution in [3.63, 3.8) is 0 Å². The molecule has 4 nitrogen and oxygen atoms in total. The molecule has 0 atom stereocenters. The molecule has 0 saturated carbocycles. The zero-order valence-corrected chi connectivity index (χ0v) is 20.6. The van der Waals surface area contributed by atoms with E-state index >= 15 is 0 Å². The van der Waals surface area contributed by atoms with Gasteiger partial charge in [-0.3, -0.25) is 0 Å². The van der Waals surface area contributed by atoms with Gasteiger partial charge in [0.15, 0.2) is 16.6 Å². The molecular weight excluding hydrogens is 515 g/mol. The average molecular weight is 529 g/mol. The SMILES string of the molecule is Fc1ccc(-n2nc(SCCCSc3nn(-c4ccc(F)cc4)c(=S)s3)sc2=S)cc1. The largest absolute Gasteiger partial charge is 0.211 e. The Morgan fingerprint density at radius 1 is 0.710 bits per heavy atom. The first-order chi connectivity index (χ1) is 15.0. The third-order valence-electron chi connectivity index (χ3n) is 3.94. The van der Waals surface area contributed by atoms with Crippen LogP contribution >= 0.6 is 70.6 Å². The fourth-order valence-electron chi connectivity index (χ4n) is 2.51. The minimum atomic E-state index is -0.288. The van der Waals surface area contributed by atoms with E-state index in [1.54, 1.807) is 57.2 Å². The average Bonchev–Trinajstić information content (AvgIpc) is 3.31. The van der Waals surface area contributed by atoms with Crippen molar-refractivity contribution in [2.75, 3.05) is 11.5 Å². The molecule has 12 heteroatoms. The molecule has 0 radical (unpaired) electrons. The molecule has 0 amide bonds. The van der Waals surface area contributed by atoms with Crippen molar-refractivity contribution in [1.29, 1.82) is 0 Å². The second-order valence-corrected chi connectivity index (χ2v) is 12.0. The highest BCUT2D eigenvalue weighted by molar-refractivity contribution is 8.02. The van der Waals surface area contributed by atoms with Gasteiger partial charge in [0.25, 0.3) is 0 Å². The van der Waals surface area contributed by atoms with Crippen molar-refractivity contribution >= 4 is 70.6 Å². The van der Waals surface area contributed by atoms with Gasteiger partial charge in [0, 0.05) is 11.5 Å². The van der Waals surface area contributed by atoms with E-state index in [4.69, 9.17) is 24.4 Å². The van der Waals surface area contributed by atoms with Gasteiger partial charge >= 0.3 is 0 Å². The molecule has 0 spiro atoms. The molecule has 31 heavy (non-hydrogen) atoms. The number of hydrogen-bond donors (Lipinski definition) is 0. The smallest absolute Gasteiger partial charge is 0.184 e. The standard InChI is InChI=1S/C19H14F2N4S6/c20-12-2-6-14(7-3-12)24-18(26)30-16(22-24)28-10-1-11-29-17-23-25(19(27)31-17)15-8-4-13(21)5-9-15/h2-9H,1,10-11H2. The molecular formula is C19H14F2N4S6. The van der Waals surface area contributed by atoms with Crippen LogP contribution in [0.15, 0.2) is 57.2 Å². The molecule has 0 aliphatic heterocycles. The molecule has 4 rings (SSSR count). The zero-order chi connectivity index (χ0) is 21.8. The molecule has 0 aliphatic rings. The molecule has 0 aliphatic carbocycles. The van der Waals surface area contributed by atoms with Gasteiger partial charge in [-0.15, -0.1) is 10.2 Å². The summed E-state index contributed by atoms with van der Waals surface area (Å²) >= 11 is 17.0. The summed E-state index contributed by atoms with van der Waals surface area (Å²) in [5, 5.41) is 9.06. The number of halogens is 2. The number of rotatable bonds is 8. The van der Waals surface area contributed by atoms with E-state index in [0.29, 0.717) is 7.91 Å². The quantitative estimate of drug-likeness (QED) is 0.137. The Bertz CT molecular complexity index is 1170. The molecule has 0 unspecified atom stereocenters. The van der Waals surface area contributed by atoms with Crippen LogP contribution in [0.2, 0.25) is 0 Å². The predicted molar refractivity (Wildman–Crippen MR) is 131 cm³/mol. The van der Waals surface area contributed by atoms with Crippen molar-refractivity contribution in [2.45, 2.75) is 15.1 Å². The van der Waals surface area contributed by atoms with Crippen molar-refractivity contribution in [1.82, 2.24) is 19.6 Å². The maximum Gasteiger partial charge on any atom is 0.184 e. The van der Waals surface area contributed by atoms with Crippen LogP contribution in [0.25, 0.3) is 11.4 Å². The Hall–Kier alpha value is -1.44. The van der Waals surface area contributed by atoms with Crippen molar-refractivity contribution in [3.8, 4) is 11.4 Å². The summed E-state index contributed by atoms with van der Waals surface area (Å²) < 4.78 is 32.6. The van der Waals surface area contributed by atoms with Crippen LogP contribution < -0.4 is 0 Å². The van der Waals surface area contributed by atoms with Crippen LogP contribution in [0.5, 0.6) is 0 Å². The zero-order valence-electron chi connectivity index (χ0n) is 15.7. The molecule has 4 aromatic rings. The monoisotopic (exact) mass is 528 g/mol. The highest BCUT2D eigenvalue weighted by Crippen LogP contribution is 2.28. The molecule has 160 valence electrons. The summed E-state index contributed by atoms with van der Waals surface area (Å²) in [4.78, 5) is 0. The van der Waals surface area contributed by atoms with Crippen LogP contribution in [-0.2, 0) is 0 Å². The summed E-state index contributed by atoms with van der Waals surface area (Å²) in [6.07, 6.45) is 0.959. The first kappa shape index (κ1) is 22.7. The summed E-state index contributed by atoms with van der Waals surface area (Å²) in [7, 11) is 0. The molecule has 0 saturated heterocycles. The van der Waals surface area contributed by atoms with Gasteiger partial charge in [-0.2, -0.15) is 0 Å². The van der Waals surface area contributed by atoms with Gasteiger partial charge in [0.05, 0.1) is 11.4 Å². The fourth-order valence-corrected chi connectivity index (χ4v) is 7.43. The van der Waals surface area contributed by atoms with Crippen LogP contribution in [0, 0.1) is 19.5 Å². The third kappa shape index (κ3) is 5.88. The Kier molecular flexibility index (Phi) is 7.67. The second-order valence-electron chi connectivity index (χ2n) is 6.09. The summed E-state index contributed by atoms with van der Waals surface area (Å²) in [6.45, 7) is 0. The number of hydrogen-bond acceptors (Lipinski definition) is 8. The summed E-state index contributed by atoms with van der Waals surface area (Å²) in [6, 6.07) is 12.2. The lowest BCUT2D eigenvalue weighted by atomic mass is 10.3. The maximum atomic E-state index is 13.1. The van der Waals surface area contributed by atoms with Crippen LogP contribution in [0.1, 0.15) is 6.42 Å². The lowest BCUT2D eigenvalue weighted by molar-refractivity contribution is 0.626. The second kappa shape index (κ2) is 10.5. The highest BCUT2D eigenvalue weighted by Gasteiger charge is 2.09. The molecule has 0 bridgehead atoms. The fraction of sp³-hybridized carbons (Fsp3) is 0.158. The van der Waals surface area contributed by atoms with Gasteiger partial charge in [-0.25, -0.2) is 18.1 Å². The van der Waals surface area contributed by atoms with Gasteiger partial charge in [-0.05, 0) is 79.4 Å². The van der Waals surface area contributed by atoms with Crippen LogP contribution in [-0.4, -0.2) is 31.1 Å². The predicted octanol–water partition coefficient (Wildman–Crippen LogP) is 7.19.